The molecule has 0 heterocycles. The third kappa shape index (κ3) is 1.66. The Hall–Kier alpha value is -0.260. The van der Waals surface area contributed by atoms with Gasteiger partial charge >= 0.3 is 0 Å². The Morgan fingerprint density at radius 3 is 2.91 bits per heavy atom. The van der Waals surface area contributed by atoms with Gasteiger partial charge in [-0.2, -0.15) is 0 Å². The minimum absolute atomic E-state index is 0.909. The maximum absolute atomic E-state index is 2.57. The molecular formula is C11H17. The monoisotopic (exact) mass is 149 g/mol. The fourth-order valence-corrected chi connectivity index (χ4v) is 2.38. The molecule has 0 saturated heterocycles. The Morgan fingerprint density at radius 2 is 1.91 bits per heavy atom. The van der Waals surface area contributed by atoms with E-state index in [1.165, 1.54) is 38.5 Å². The van der Waals surface area contributed by atoms with Crippen molar-refractivity contribution in [3.8, 4) is 0 Å². The average Bonchev–Trinajstić information content (AvgIpc) is 2.28. The summed E-state index contributed by atoms with van der Waals surface area (Å²) in [5.74, 6) is 1.84. The van der Waals surface area contributed by atoms with Crippen molar-refractivity contribution >= 4 is 0 Å². The van der Waals surface area contributed by atoms with Gasteiger partial charge in [0, 0.05) is 0 Å². The van der Waals surface area contributed by atoms with Crippen LogP contribution in [0, 0.1) is 18.3 Å². The fraction of sp³-hybridized carbons (Fsp3) is 0.727. The first-order valence-corrected chi connectivity index (χ1v) is 4.97. The maximum atomic E-state index is 2.57. The molecule has 0 N–H and O–H groups in total. The molecule has 0 heteroatoms. The Kier molecular flexibility index (Phi) is 2.30. The van der Waals surface area contributed by atoms with Crippen molar-refractivity contribution in [3.63, 3.8) is 0 Å². The minimum atomic E-state index is 0.909. The third-order valence-corrected chi connectivity index (χ3v) is 3.06. The van der Waals surface area contributed by atoms with Crippen LogP contribution in [0.5, 0.6) is 0 Å². The summed E-state index contributed by atoms with van der Waals surface area (Å²) in [6, 6.07) is 0. The van der Waals surface area contributed by atoms with Crippen LogP contribution in [-0.4, -0.2) is 0 Å². The molecule has 0 aliphatic heterocycles. The summed E-state index contributed by atoms with van der Waals surface area (Å²) < 4.78 is 0. The lowest BCUT2D eigenvalue weighted by Gasteiger charge is -2.24. The number of rotatable bonds is 0. The summed E-state index contributed by atoms with van der Waals surface area (Å²) in [5, 5.41) is 0. The topological polar surface area (TPSA) is 0 Å². The summed E-state index contributed by atoms with van der Waals surface area (Å²) in [6.07, 6.45) is 15.8. The van der Waals surface area contributed by atoms with Gasteiger partial charge in [0.1, 0.15) is 0 Å². The van der Waals surface area contributed by atoms with Gasteiger partial charge in [-0.15, -0.1) is 0 Å². The maximum Gasteiger partial charge on any atom is -0.0202 e. The second-order valence-corrected chi connectivity index (χ2v) is 3.85. The normalized spacial score (nSPS) is 37.8. The van der Waals surface area contributed by atoms with Crippen LogP contribution in [0.1, 0.15) is 38.5 Å². The van der Waals surface area contributed by atoms with E-state index in [-0.39, 0.29) is 0 Å². The number of allylic oxidation sites excluding steroid dienone is 2. The molecule has 61 valence electrons. The molecule has 0 aromatic carbocycles. The highest BCUT2D eigenvalue weighted by molar-refractivity contribution is 5.01. The van der Waals surface area contributed by atoms with E-state index < -0.39 is 0 Å². The molecule has 0 aromatic rings. The van der Waals surface area contributed by atoms with Crippen LogP contribution in [-0.2, 0) is 0 Å². The molecule has 2 aliphatic rings. The minimum Gasteiger partial charge on any atom is -0.0882 e. The molecule has 0 spiro atoms. The van der Waals surface area contributed by atoms with Crippen LogP contribution in [0.25, 0.3) is 0 Å². The molecule has 0 bridgehead atoms. The molecule has 1 fully saturated rings. The average molecular weight is 149 g/mol. The van der Waals surface area contributed by atoms with E-state index in [9.17, 15) is 0 Å². The fourth-order valence-electron chi connectivity index (χ4n) is 2.38. The van der Waals surface area contributed by atoms with Gasteiger partial charge in [-0.1, -0.05) is 25.0 Å². The molecule has 0 nitrogen and oxygen atoms in total. The molecule has 1 saturated carbocycles. The SMILES string of the molecule is [CH]1CCCCC2C=CCCC12. The van der Waals surface area contributed by atoms with Crippen molar-refractivity contribution in [1.82, 2.24) is 0 Å². The van der Waals surface area contributed by atoms with E-state index in [0.29, 0.717) is 0 Å². The summed E-state index contributed by atoms with van der Waals surface area (Å²) >= 11 is 0. The number of fused-ring (bicyclic) bond motifs is 1. The van der Waals surface area contributed by atoms with Crippen molar-refractivity contribution in [2.24, 2.45) is 11.8 Å². The molecule has 2 rings (SSSR count). The van der Waals surface area contributed by atoms with Gasteiger partial charge in [-0.25, -0.2) is 0 Å². The Balaban J connectivity index is 2.02. The highest BCUT2D eigenvalue weighted by atomic mass is 14.3. The molecule has 2 unspecified atom stereocenters. The summed E-state index contributed by atoms with van der Waals surface area (Å²) in [6.45, 7) is 0. The van der Waals surface area contributed by atoms with E-state index in [0.717, 1.165) is 11.8 Å². The van der Waals surface area contributed by atoms with Crippen LogP contribution in [0.15, 0.2) is 12.2 Å². The van der Waals surface area contributed by atoms with E-state index in [1.807, 2.05) is 0 Å². The lowest BCUT2D eigenvalue weighted by molar-refractivity contribution is 0.392. The number of hydrogen-bond acceptors (Lipinski definition) is 0. The Labute approximate surface area is 69.7 Å². The molecule has 0 amide bonds. The van der Waals surface area contributed by atoms with Gasteiger partial charge in [0.2, 0.25) is 0 Å². The Morgan fingerprint density at radius 1 is 0.909 bits per heavy atom. The summed E-state index contributed by atoms with van der Waals surface area (Å²) in [4.78, 5) is 0. The first-order chi connectivity index (χ1) is 5.47. The molecule has 2 aliphatic carbocycles. The largest absolute Gasteiger partial charge is 0.0882 e. The van der Waals surface area contributed by atoms with Gasteiger partial charge in [-0.3, -0.25) is 0 Å². The molecule has 2 atom stereocenters. The zero-order valence-corrected chi connectivity index (χ0v) is 7.13. The molecule has 11 heavy (non-hydrogen) atoms. The smallest absolute Gasteiger partial charge is 0.0202 e. The predicted molar refractivity (Wildman–Crippen MR) is 48.1 cm³/mol. The van der Waals surface area contributed by atoms with Crippen LogP contribution in [0.4, 0.5) is 0 Å². The van der Waals surface area contributed by atoms with Crippen molar-refractivity contribution in [2.75, 3.05) is 0 Å². The summed E-state index contributed by atoms with van der Waals surface area (Å²) in [5.41, 5.74) is 0. The van der Waals surface area contributed by atoms with E-state index >= 15 is 0 Å². The van der Waals surface area contributed by atoms with Crippen LogP contribution >= 0.6 is 0 Å². The van der Waals surface area contributed by atoms with Gasteiger partial charge in [-0.05, 0) is 43.9 Å². The van der Waals surface area contributed by atoms with Crippen molar-refractivity contribution < 1.29 is 0 Å². The van der Waals surface area contributed by atoms with Crippen molar-refractivity contribution in [1.29, 1.82) is 0 Å². The van der Waals surface area contributed by atoms with E-state index in [4.69, 9.17) is 0 Å². The first kappa shape index (κ1) is 7.39. The second kappa shape index (κ2) is 3.42. The van der Waals surface area contributed by atoms with Crippen LogP contribution < -0.4 is 0 Å². The number of hydrogen-bond donors (Lipinski definition) is 0. The van der Waals surface area contributed by atoms with E-state index in [1.54, 1.807) is 0 Å². The Bertz CT molecular complexity index is 146. The van der Waals surface area contributed by atoms with Crippen molar-refractivity contribution in [3.05, 3.63) is 18.6 Å². The van der Waals surface area contributed by atoms with Gasteiger partial charge in [0.05, 0.1) is 0 Å². The zero-order valence-electron chi connectivity index (χ0n) is 7.13. The van der Waals surface area contributed by atoms with Crippen LogP contribution in [0.3, 0.4) is 0 Å². The highest BCUT2D eigenvalue weighted by Crippen LogP contribution is 2.34. The van der Waals surface area contributed by atoms with Crippen LogP contribution in [0.2, 0.25) is 0 Å². The molecule has 1 radical (unpaired) electrons. The summed E-state index contributed by atoms with van der Waals surface area (Å²) in [7, 11) is 0. The quantitative estimate of drug-likeness (QED) is 0.463. The molecular weight excluding hydrogens is 132 g/mol. The van der Waals surface area contributed by atoms with Gasteiger partial charge in [0.15, 0.2) is 0 Å². The third-order valence-electron chi connectivity index (χ3n) is 3.06. The first-order valence-electron chi connectivity index (χ1n) is 4.97. The van der Waals surface area contributed by atoms with Gasteiger partial charge < -0.3 is 0 Å². The lowest BCUT2D eigenvalue weighted by atomic mass is 9.81. The highest BCUT2D eigenvalue weighted by Gasteiger charge is 2.22. The molecule has 0 aromatic heterocycles. The predicted octanol–water partition coefficient (Wildman–Crippen LogP) is 3.35. The van der Waals surface area contributed by atoms with Crippen molar-refractivity contribution in [2.45, 2.75) is 38.5 Å². The lowest BCUT2D eigenvalue weighted by Crippen LogP contribution is -2.14. The standard InChI is InChI=1S/C11H17/c1-2-6-10-8-4-5-9-11(10)7-3-1/h4,7-8,10-11H,1-3,5-6,9H2. The zero-order chi connectivity index (χ0) is 7.52. The second-order valence-electron chi connectivity index (χ2n) is 3.85. The van der Waals surface area contributed by atoms with Gasteiger partial charge in [0.25, 0.3) is 0 Å². The van der Waals surface area contributed by atoms with E-state index in [2.05, 4.69) is 18.6 Å².